The van der Waals surface area contributed by atoms with Gasteiger partial charge in [-0.05, 0) is 74.8 Å². The quantitative estimate of drug-likeness (QED) is 0.0472. The van der Waals surface area contributed by atoms with Crippen LogP contribution in [-0.4, -0.2) is 129 Å². The molecule has 2 aromatic carbocycles. The molecule has 2 rings (SSSR count). The molecule has 0 aliphatic carbocycles. The summed E-state index contributed by atoms with van der Waals surface area (Å²) in [5.41, 5.74) is 5.05. The number of aromatic hydroxyl groups is 1. The van der Waals surface area contributed by atoms with Gasteiger partial charge in [0.05, 0.1) is 13.2 Å². The van der Waals surface area contributed by atoms with E-state index in [2.05, 4.69) is 37.2 Å². The van der Waals surface area contributed by atoms with Gasteiger partial charge in [-0.3, -0.25) is 47.9 Å². The summed E-state index contributed by atoms with van der Waals surface area (Å²) in [6.07, 6.45) is -2.17. The second-order valence-electron chi connectivity index (χ2n) is 15.2. The Hall–Kier alpha value is -7.24. The van der Waals surface area contributed by atoms with Crippen LogP contribution in [0.2, 0.25) is 0 Å². The van der Waals surface area contributed by atoms with Gasteiger partial charge in [0, 0.05) is 12.8 Å². The summed E-state index contributed by atoms with van der Waals surface area (Å²) in [5.74, 6) is -13.9. The molecule has 0 aliphatic rings. The minimum absolute atomic E-state index is 0.0362. The monoisotopic (exact) mass is 920 g/mol. The molecule has 22 nitrogen and oxygen atoms in total. The average Bonchev–Trinajstić information content (AvgIpc) is 3.22. The van der Waals surface area contributed by atoms with E-state index in [9.17, 15) is 72.0 Å². The number of carbonyl (C=O) groups excluding carboxylic acids is 8. The van der Waals surface area contributed by atoms with Crippen molar-refractivity contribution in [1.82, 2.24) is 37.2 Å². The largest absolute Gasteiger partial charge is 0.508 e. The fourth-order valence-electron chi connectivity index (χ4n) is 5.93. The van der Waals surface area contributed by atoms with E-state index in [4.69, 9.17) is 10.8 Å². The van der Waals surface area contributed by atoms with Crippen LogP contribution in [0.1, 0.15) is 75.2 Å². The number of nitrogens with one attached hydrogen (secondary N) is 7. The van der Waals surface area contributed by atoms with Gasteiger partial charge in [-0.15, -0.1) is 0 Å². The Morgan fingerprint density at radius 1 is 0.615 bits per heavy atom. The number of halogens is 2. The number of aliphatic hydroxyl groups is 1. The summed E-state index contributed by atoms with van der Waals surface area (Å²) in [7, 11) is 0. The molecule has 356 valence electrons. The van der Waals surface area contributed by atoms with E-state index in [1.54, 1.807) is 26.0 Å². The summed E-state index contributed by atoms with van der Waals surface area (Å²) in [6, 6.07) is -0.616. The predicted octanol–water partition coefficient (Wildman–Crippen LogP) is -1.78. The summed E-state index contributed by atoms with van der Waals surface area (Å²) < 4.78 is 28.0. The van der Waals surface area contributed by atoms with Crippen LogP contribution in [0.15, 0.2) is 42.5 Å². The SMILES string of the molecule is CC(C)C[C@H](NC(=O)[C@H](CO)NC(=O)[C@H](CCC(=O)O)NC(=O)CNC(=O)[C@H](C)NC(=O)c1c(F)cccc1F)C(=O)N[C@@H](CCc1ccc(O)cc1)C(=O)N[C@@H](CCC(=O)O)C(N)=O. The number of nitrogens with two attached hydrogens (primary N) is 1. The first-order valence-corrected chi connectivity index (χ1v) is 20.2. The molecule has 0 bridgehead atoms. The maximum Gasteiger partial charge on any atom is 0.303 e. The second kappa shape index (κ2) is 26.4. The van der Waals surface area contributed by atoms with Crippen molar-refractivity contribution < 1.29 is 77.2 Å². The van der Waals surface area contributed by atoms with Crippen LogP contribution in [0.4, 0.5) is 8.78 Å². The zero-order valence-electron chi connectivity index (χ0n) is 35.7. The number of aliphatic hydroxyl groups excluding tert-OH is 1. The van der Waals surface area contributed by atoms with Crippen molar-refractivity contribution in [1.29, 1.82) is 0 Å². The molecule has 8 amide bonds. The fourth-order valence-corrected chi connectivity index (χ4v) is 5.93. The highest BCUT2D eigenvalue weighted by Crippen LogP contribution is 2.15. The number of phenols is 1. The summed E-state index contributed by atoms with van der Waals surface area (Å²) in [6.45, 7) is 2.60. The van der Waals surface area contributed by atoms with Crippen LogP contribution in [0, 0.1) is 17.6 Å². The Morgan fingerprint density at radius 3 is 1.62 bits per heavy atom. The number of rotatable bonds is 27. The molecule has 0 aromatic heterocycles. The third kappa shape index (κ3) is 19.0. The van der Waals surface area contributed by atoms with Gasteiger partial charge in [0.2, 0.25) is 41.4 Å². The molecule has 2 aromatic rings. The highest BCUT2D eigenvalue weighted by molar-refractivity contribution is 5.99. The lowest BCUT2D eigenvalue weighted by molar-refractivity contribution is -0.139. The number of aryl methyl sites for hydroxylation is 1. The first-order valence-electron chi connectivity index (χ1n) is 20.2. The number of carboxylic acid groups (broad SMARTS) is 2. The number of benzene rings is 2. The van der Waals surface area contributed by atoms with E-state index >= 15 is 0 Å². The fraction of sp³-hybridized carbons (Fsp3) is 0.463. The molecule has 6 atom stereocenters. The lowest BCUT2D eigenvalue weighted by Gasteiger charge is -2.27. The van der Waals surface area contributed by atoms with Crippen molar-refractivity contribution in [3.05, 3.63) is 65.2 Å². The van der Waals surface area contributed by atoms with Crippen LogP contribution in [-0.2, 0) is 49.6 Å². The zero-order valence-corrected chi connectivity index (χ0v) is 35.7. The van der Waals surface area contributed by atoms with Crippen molar-refractivity contribution in [2.45, 2.75) is 102 Å². The van der Waals surface area contributed by atoms with Crippen molar-refractivity contribution in [2.24, 2.45) is 11.7 Å². The Kier molecular flexibility index (Phi) is 21.9. The summed E-state index contributed by atoms with van der Waals surface area (Å²) in [5, 5.41) is 53.9. The molecule has 0 spiro atoms. The predicted molar refractivity (Wildman–Crippen MR) is 222 cm³/mol. The first kappa shape index (κ1) is 53.9. The van der Waals surface area contributed by atoms with Crippen LogP contribution in [0.25, 0.3) is 0 Å². The number of amides is 8. The van der Waals surface area contributed by atoms with Crippen molar-refractivity contribution >= 4 is 59.2 Å². The number of hydrogen-bond acceptors (Lipinski definition) is 12. The smallest absolute Gasteiger partial charge is 0.303 e. The average molecular weight is 921 g/mol. The normalized spacial score (nSPS) is 13.6. The summed E-state index contributed by atoms with van der Waals surface area (Å²) >= 11 is 0. The van der Waals surface area contributed by atoms with E-state index in [1.165, 1.54) is 12.1 Å². The van der Waals surface area contributed by atoms with E-state index in [0.717, 1.165) is 25.1 Å². The van der Waals surface area contributed by atoms with Gasteiger partial charge in [0.1, 0.15) is 59.2 Å². The molecule has 0 saturated carbocycles. The second-order valence-corrected chi connectivity index (χ2v) is 15.2. The van der Waals surface area contributed by atoms with Crippen LogP contribution >= 0.6 is 0 Å². The number of carbonyl (C=O) groups is 10. The summed E-state index contributed by atoms with van der Waals surface area (Å²) in [4.78, 5) is 126. The molecular weight excluding hydrogens is 866 g/mol. The van der Waals surface area contributed by atoms with E-state index in [-0.39, 0.29) is 37.4 Å². The third-order valence-corrected chi connectivity index (χ3v) is 9.41. The van der Waals surface area contributed by atoms with Gasteiger partial charge in [-0.25, -0.2) is 8.78 Å². The molecule has 0 radical (unpaired) electrons. The topological polar surface area (TPSA) is 362 Å². The lowest BCUT2D eigenvalue weighted by atomic mass is 10.00. The minimum atomic E-state index is -1.81. The molecule has 0 fully saturated rings. The first-order chi connectivity index (χ1) is 30.5. The lowest BCUT2D eigenvalue weighted by Crippen LogP contribution is -2.60. The molecular formula is C41H54F2N8O14. The molecule has 0 unspecified atom stereocenters. The highest BCUT2D eigenvalue weighted by atomic mass is 19.1. The number of carboxylic acids is 2. The molecule has 13 N–H and O–H groups in total. The maximum absolute atomic E-state index is 14.0. The van der Waals surface area contributed by atoms with Gasteiger partial charge in [0.25, 0.3) is 5.91 Å². The van der Waals surface area contributed by atoms with Gasteiger partial charge < -0.3 is 63.4 Å². The van der Waals surface area contributed by atoms with Gasteiger partial charge >= 0.3 is 11.9 Å². The molecule has 0 saturated heterocycles. The van der Waals surface area contributed by atoms with Crippen LogP contribution in [0.5, 0.6) is 5.75 Å². The maximum atomic E-state index is 14.0. The van der Waals surface area contributed by atoms with Crippen molar-refractivity contribution in [3.63, 3.8) is 0 Å². The van der Waals surface area contributed by atoms with Crippen LogP contribution in [0.3, 0.4) is 0 Å². The number of hydrogen-bond donors (Lipinski definition) is 12. The number of aliphatic carboxylic acids is 2. The van der Waals surface area contributed by atoms with E-state index in [1.807, 2.05) is 0 Å². The van der Waals surface area contributed by atoms with Gasteiger partial charge in [0.15, 0.2) is 0 Å². The zero-order chi connectivity index (χ0) is 49.0. The third-order valence-electron chi connectivity index (χ3n) is 9.41. The highest BCUT2D eigenvalue weighted by Gasteiger charge is 2.33. The van der Waals surface area contributed by atoms with Crippen molar-refractivity contribution in [3.8, 4) is 5.75 Å². The van der Waals surface area contributed by atoms with Crippen LogP contribution < -0.4 is 43.0 Å². The number of primary amides is 1. The Morgan fingerprint density at radius 2 is 1.09 bits per heavy atom. The molecule has 0 aliphatic heterocycles. The standard InChI is InChI=1S/C41H54F2N8O14/c1-20(2)17-29(39(63)49-28(12-9-22-7-10-23(53)11-8-22)38(62)48-26(35(44)59)13-15-32(55)56)50-40(64)30(19-52)51-37(61)27(14-16-33(57)58)47-31(54)18-45-36(60)21(3)46-41(65)34-24(42)5-4-6-25(34)43/h4-8,10-11,20-21,26-30,52-53H,9,12-19H2,1-3H3,(H2,44,59)(H,45,60)(H,46,65)(H,47,54)(H,48,62)(H,49,63)(H,50,64)(H,51,61)(H,55,56)(H,57,58)/t21-,26-,27-,28-,29-,30-/m0/s1. The Balaban J connectivity index is 2.20. The molecule has 24 heteroatoms. The molecule has 65 heavy (non-hydrogen) atoms. The van der Waals surface area contributed by atoms with Crippen molar-refractivity contribution in [2.75, 3.05) is 13.2 Å². The van der Waals surface area contributed by atoms with E-state index < -0.39 is 145 Å². The van der Waals surface area contributed by atoms with Gasteiger partial charge in [-0.1, -0.05) is 32.0 Å². The Labute approximate surface area is 370 Å². The Bertz CT molecular complexity index is 2040. The minimum Gasteiger partial charge on any atom is -0.508 e. The van der Waals surface area contributed by atoms with E-state index in [0.29, 0.717) is 5.56 Å². The number of phenolic OH excluding ortho intramolecular Hbond substituents is 1. The van der Waals surface area contributed by atoms with Gasteiger partial charge in [-0.2, -0.15) is 0 Å². The molecule has 0 heterocycles.